The molecule has 1 aromatic heterocycles. The highest BCUT2D eigenvalue weighted by molar-refractivity contribution is 7.92. The predicted octanol–water partition coefficient (Wildman–Crippen LogP) is 4.10. The lowest BCUT2D eigenvalue weighted by Crippen LogP contribution is -2.44. The van der Waals surface area contributed by atoms with Crippen LogP contribution in [0.2, 0.25) is 0 Å². The minimum atomic E-state index is -4.70. The molecule has 0 saturated heterocycles. The number of hydrogen-bond donors (Lipinski definition) is 2. The summed E-state index contributed by atoms with van der Waals surface area (Å²) in [6.45, 7) is 0. The smallest absolute Gasteiger partial charge is 0.373 e. The number of aliphatic hydroxyl groups is 1. The molecule has 30 heavy (non-hydrogen) atoms. The van der Waals surface area contributed by atoms with Crippen molar-refractivity contribution < 1.29 is 39.9 Å². The van der Waals surface area contributed by atoms with Gasteiger partial charge in [-0.15, -0.1) is 0 Å². The second-order valence-corrected chi connectivity index (χ2v) is 9.14. The molecular weight excluding hydrogens is 438 g/mol. The highest BCUT2D eigenvalue weighted by Gasteiger charge is 2.44. The van der Waals surface area contributed by atoms with Gasteiger partial charge in [0.15, 0.2) is 9.84 Å². The summed E-state index contributed by atoms with van der Waals surface area (Å²) in [7, 11) is -4.09. The maximum atomic E-state index is 13.0. The van der Waals surface area contributed by atoms with E-state index in [0.717, 1.165) is 36.5 Å². The lowest BCUT2D eigenvalue weighted by Gasteiger charge is -2.38. The second kappa shape index (κ2) is 7.73. The van der Waals surface area contributed by atoms with Crippen molar-refractivity contribution in [2.75, 3.05) is 5.32 Å². The number of aromatic nitrogens is 1. The zero-order valence-electron chi connectivity index (χ0n) is 15.1. The normalized spacial score (nSPS) is 21.0. The summed E-state index contributed by atoms with van der Waals surface area (Å²) in [6.07, 6.45) is -10.1. The first-order chi connectivity index (χ1) is 13.8. The monoisotopic (exact) mass is 454 g/mol. The molecule has 5 nitrogen and oxygen atoms in total. The van der Waals surface area contributed by atoms with E-state index in [4.69, 9.17) is 0 Å². The van der Waals surface area contributed by atoms with Crippen LogP contribution in [0.3, 0.4) is 0 Å². The maximum Gasteiger partial charge on any atom is 0.419 e. The Morgan fingerprint density at radius 2 is 1.70 bits per heavy atom. The molecule has 164 valence electrons. The first kappa shape index (κ1) is 22.3. The first-order valence-electron chi connectivity index (χ1n) is 8.68. The number of halogens is 6. The Morgan fingerprint density at radius 3 is 2.30 bits per heavy atom. The number of alkyl halides is 6. The number of hydrogen-bond acceptors (Lipinski definition) is 5. The number of rotatable bonds is 5. The van der Waals surface area contributed by atoms with Gasteiger partial charge in [0.05, 0.1) is 21.3 Å². The minimum absolute atomic E-state index is 0.124. The third-order valence-corrected chi connectivity index (χ3v) is 7.08. The minimum Gasteiger partial charge on any atom is -0.373 e. The van der Waals surface area contributed by atoms with Gasteiger partial charge < -0.3 is 10.4 Å². The fourth-order valence-electron chi connectivity index (χ4n) is 3.17. The third kappa shape index (κ3) is 4.53. The van der Waals surface area contributed by atoms with E-state index >= 15 is 0 Å². The molecule has 3 rings (SSSR count). The second-order valence-electron chi connectivity index (χ2n) is 6.91. The van der Waals surface area contributed by atoms with Crippen molar-refractivity contribution in [1.29, 1.82) is 0 Å². The summed E-state index contributed by atoms with van der Waals surface area (Å²) in [4.78, 5) is 3.06. The Balaban J connectivity index is 1.69. The molecule has 0 spiro atoms. The van der Waals surface area contributed by atoms with E-state index in [-0.39, 0.29) is 12.8 Å². The SMILES string of the molecule is O=S(=O)(c1cccc(C(F)(F)F)c1)[C@H]1C[C@H](C(O)Nc2ncccc2C(F)(F)F)C1. The Bertz CT molecular complexity index is 1020. The van der Waals surface area contributed by atoms with Crippen LogP contribution in [-0.4, -0.2) is 30.0 Å². The topological polar surface area (TPSA) is 79.3 Å². The van der Waals surface area contributed by atoms with Gasteiger partial charge in [0.2, 0.25) is 0 Å². The van der Waals surface area contributed by atoms with Crippen LogP contribution in [0.25, 0.3) is 0 Å². The molecule has 0 radical (unpaired) electrons. The van der Waals surface area contributed by atoms with E-state index in [1.807, 2.05) is 0 Å². The Kier molecular flexibility index (Phi) is 5.76. The molecule has 1 atom stereocenters. The van der Waals surface area contributed by atoms with Crippen molar-refractivity contribution in [3.63, 3.8) is 0 Å². The van der Waals surface area contributed by atoms with Crippen LogP contribution in [0.1, 0.15) is 24.0 Å². The first-order valence-corrected chi connectivity index (χ1v) is 10.2. The van der Waals surface area contributed by atoms with Crippen molar-refractivity contribution in [1.82, 2.24) is 4.98 Å². The van der Waals surface area contributed by atoms with E-state index in [1.165, 1.54) is 0 Å². The van der Waals surface area contributed by atoms with E-state index in [9.17, 15) is 39.9 Å². The van der Waals surface area contributed by atoms with E-state index in [2.05, 4.69) is 10.3 Å². The van der Waals surface area contributed by atoms with Crippen molar-refractivity contribution in [3.05, 3.63) is 53.7 Å². The molecule has 0 bridgehead atoms. The number of aliphatic hydroxyl groups excluding tert-OH is 1. The Labute approximate surface area is 167 Å². The van der Waals surface area contributed by atoms with Gasteiger partial charge in [-0.1, -0.05) is 6.07 Å². The van der Waals surface area contributed by atoms with Crippen LogP contribution >= 0.6 is 0 Å². The predicted molar refractivity (Wildman–Crippen MR) is 94.0 cm³/mol. The van der Waals surface area contributed by atoms with Gasteiger partial charge in [-0.05, 0) is 43.2 Å². The fraction of sp³-hybridized carbons (Fsp3) is 0.389. The van der Waals surface area contributed by atoms with Crippen LogP contribution in [0, 0.1) is 5.92 Å². The van der Waals surface area contributed by atoms with Crippen LogP contribution in [0.5, 0.6) is 0 Å². The van der Waals surface area contributed by atoms with Gasteiger partial charge >= 0.3 is 12.4 Å². The largest absolute Gasteiger partial charge is 0.419 e. The van der Waals surface area contributed by atoms with Gasteiger partial charge in [-0.25, -0.2) is 13.4 Å². The van der Waals surface area contributed by atoms with E-state index in [0.29, 0.717) is 6.07 Å². The number of nitrogens with one attached hydrogen (secondary N) is 1. The molecular formula is C18H16F6N2O3S. The summed E-state index contributed by atoms with van der Waals surface area (Å²) < 4.78 is 103. The molecule has 1 aliphatic rings. The number of nitrogens with zero attached hydrogens (tertiary/aromatic N) is 1. The van der Waals surface area contributed by atoms with Gasteiger partial charge in [0.25, 0.3) is 0 Å². The highest BCUT2D eigenvalue weighted by Crippen LogP contribution is 2.40. The quantitative estimate of drug-likeness (QED) is 0.525. The number of benzene rings is 1. The molecule has 1 aliphatic carbocycles. The van der Waals surface area contributed by atoms with Crippen molar-refractivity contribution >= 4 is 15.7 Å². The lowest BCUT2D eigenvalue weighted by atomic mass is 9.83. The fourth-order valence-corrected chi connectivity index (χ4v) is 5.11. The van der Waals surface area contributed by atoms with Crippen LogP contribution in [0.15, 0.2) is 47.5 Å². The molecule has 1 aromatic carbocycles. The molecule has 2 N–H and O–H groups in total. The van der Waals surface area contributed by atoms with Gasteiger partial charge in [0, 0.05) is 12.1 Å². The van der Waals surface area contributed by atoms with Crippen LogP contribution in [0.4, 0.5) is 32.2 Å². The lowest BCUT2D eigenvalue weighted by molar-refractivity contribution is -0.138. The Hall–Kier alpha value is -2.34. The highest BCUT2D eigenvalue weighted by atomic mass is 32.2. The summed E-state index contributed by atoms with van der Waals surface area (Å²) >= 11 is 0. The summed E-state index contributed by atoms with van der Waals surface area (Å²) in [5.74, 6) is -1.31. The zero-order chi connectivity index (χ0) is 22.3. The van der Waals surface area contributed by atoms with Crippen molar-refractivity contribution in [3.8, 4) is 0 Å². The van der Waals surface area contributed by atoms with Gasteiger partial charge in [0.1, 0.15) is 12.0 Å². The Morgan fingerprint density at radius 1 is 1.03 bits per heavy atom. The summed E-state index contributed by atoms with van der Waals surface area (Å²) in [5.41, 5.74) is -2.19. The van der Waals surface area contributed by atoms with Gasteiger partial charge in [-0.3, -0.25) is 0 Å². The van der Waals surface area contributed by atoms with Gasteiger partial charge in [-0.2, -0.15) is 26.3 Å². The number of pyridine rings is 1. The number of anilines is 1. The number of sulfone groups is 1. The van der Waals surface area contributed by atoms with E-state index < -0.39 is 61.4 Å². The average molecular weight is 454 g/mol. The van der Waals surface area contributed by atoms with Crippen molar-refractivity contribution in [2.45, 2.75) is 41.6 Å². The average Bonchev–Trinajstić information content (AvgIpc) is 2.59. The third-order valence-electron chi connectivity index (χ3n) is 4.90. The molecule has 12 heteroatoms. The summed E-state index contributed by atoms with van der Waals surface area (Å²) in [5, 5.41) is 11.3. The maximum absolute atomic E-state index is 13.0. The zero-order valence-corrected chi connectivity index (χ0v) is 15.9. The molecule has 1 heterocycles. The molecule has 1 fully saturated rings. The standard InChI is InChI=1S/C18H16F6N2O3S/c19-17(20,21)11-3-1-4-12(9-11)30(28,29)13-7-10(8-13)16(27)26-15-14(18(22,23)24)5-2-6-25-15/h1-6,9-10,13,16,27H,7-8H2,(H,25,26)/t10-,13-,16?. The molecule has 1 saturated carbocycles. The molecule has 0 amide bonds. The summed E-state index contributed by atoms with van der Waals surface area (Å²) in [6, 6.07) is 5.20. The van der Waals surface area contributed by atoms with E-state index in [1.54, 1.807) is 0 Å². The van der Waals surface area contributed by atoms with Crippen LogP contribution < -0.4 is 5.32 Å². The van der Waals surface area contributed by atoms with Crippen molar-refractivity contribution in [2.24, 2.45) is 5.92 Å². The molecule has 1 unspecified atom stereocenters. The molecule has 0 aliphatic heterocycles. The molecule has 2 aromatic rings. The van der Waals surface area contributed by atoms with Crippen LogP contribution in [-0.2, 0) is 22.2 Å².